The summed E-state index contributed by atoms with van der Waals surface area (Å²) in [6, 6.07) is 0. The fraction of sp³-hybridized carbons (Fsp3) is 0.692. The number of nitrogens with zero attached hydrogens (tertiary/aromatic N) is 1. The van der Waals surface area contributed by atoms with E-state index in [4.69, 9.17) is 5.73 Å². The van der Waals surface area contributed by atoms with Gasteiger partial charge < -0.3 is 16.4 Å². The lowest BCUT2D eigenvalue weighted by Crippen LogP contribution is -2.44. The zero-order chi connectivity index (χ0) is 14.5. The van der Waals surface area contributed by atoms with Crippen LogP contribution in [0, 0.1) is 0 Å². The number of carbonyl (C=O) groups is 1. The van der Waals surface area contributed by atoms with Crippen molar-refractivity contribution < 1.29 is 4.79 Å². The SMILES string of the molecule is CCCNc1nc(N)c(C(=O)NC(C)(CC)CC)s1. The molecule has 0 radical (unpaired) electrons. The van der Waals surface area contributed by atoms with Crippen LogP contribution in [-0.2, 0) is 0 Å². The number of nitrogens with two attached hydrogens (primary N) is 1. The number of hydrogen-bond acceptors (Lipinski definition) is 5. The van der Waals surface area contributed by atoms with Gasteiger partial charge in [-0.05, 0) is 26.2 Å². The van der Waals surface area contributed by atoms with Crippen molar-refractivity contribution in [3.8, 4) is 0 Å². The molecule has 0 atom stereocenters. The number of aromatic nitrogens is 1. The number of nitrogens with one attached hydrogen (secondary N) is 2. The largest absolute Gasteiger partial charge is 0.382 e. The van der Waals surface area contributed by atoms with Gasteiger partial charge in [0.05, 0.1) is 0 Å². The Labute approximate surface area is 119 Å². The highest BCUT2D eigenvalue weighted by molar-refractivity contribution is 7.18. The fourth-order valence-electron chi connectivity index (χ4n) is 1.56. The minimum Gasteiger partial charge on any atom is -0.382 e. The van der Waals surface area contributed by atoms with Gasteiger partial charge in [0.15, 0.2) is 5.13 Å². The summed E-state index contributed by atoms with van der Waals surface area (Å²) in [6.45, 7) is 9.07. The maximum atomic E-state index is 12.2. The summed E-state index contributed by atoms with van der Waals surface area (Å²) < 4.78 is 0. The van der Waals surface area contributed by atoms with Crippen LogP contribution in [0.4, 0.5) is 10.9 Å². The number of thiazole rings is 1. The molecule has 0 aromatic carbocycles. The van der Waals surface area contributed by atoms with Crippen molar-refractivity contribution in [3.05, 3.63) is 4.88 Å². The van der Waals surface area contributed by atoms with Gasteiger partial charge in [0.1, 0.15) is 10.7 Å². The molecule has 6 heteroatoms. The van der Waals surface area contributed by atoms with E-state index in [9.17, 15) is 4.79 Å². The first kappa shape index (κ1) is 15.8. The van der Waals surface area contributed by atoms with Crippen LogP contribution in [0.5, 0.6) is 0 Å². The van der Waals surface area contributed by atoms with Crippen molar-refractivity contribution in [2.24, 2.45) is 0 Å². The Morgan fingerprint density at radius 3 is 2.53 bits per heavy atom. The second-order valence-electron chi connectivity index (χ2n) is 4.88. The summed E-state index contributed by atoms with van der Waals surface area (Å²) in [5.41, 5.74) is 5.62. The Kier molecular flexibility index (Phi) is 5.60. The van der Waals surface area contributed by atoms with Gasteiger partial charge >= 0.3 is 0 Å². The number of carbonyl (C=O) groups excluding carboxylic acids is 1. The molecule has 0 aliphatic rings. The van der Waals surface area contributed by atoms with Gasteiger partial charge in [0.25, 0.3) is 5.91 Å². The van der Waals surface area contributed by atoms with Crippen LogP contribution in [0.15, 0.2) is 0 Å². The molecule has 5 nitrogen and oxygen atoms in total. The molecule has 0 aliphatic carbocycles. The molecule has 0 saturated heterocycles. The predicted molar refractivity (Wildman–Crippen MR) is 81.8 cm³/mol. The molecule has 1 amide bonds. The minimum atomic E-state index is -0.190. The molecule has 0 aliphatic heterocycles. The lowest BCUT2D eigenvalue weighted by molar-refractivity contribution is 0.0906. The highest BCUT2D eigenvalue weighted by Crippen LogP contribution is 2.26. The van der Waals surface area contributed by atoms with Crippen molar-refractivity contribution in [1.82, 2.24) is 10.3 Å². The molecular formula is C13H24N4OS. The van der Waals surface area contributed by atoms with E-state index in [2.05, 4.69) is 36.4 Å². The summed E-state index contributed by atoms with van der Waals surface area (Å²) in [4.78, 5) is 16.9. The Balaban J connectivity index is 2.79. The molecule has 0 spiro atoms. The molecule has 1 rings (SSSR count). The van der Waals surface area contributed by atoms with E-state index in [1.54, 1.807) is 0 Å². The number of nitrogen functional groups attached to an aromatic ring is 1. The summed E-state index contributed by atoms with van der Waals surface area (Å²) in [6.07, 6.45) is 2.77. The van der Waals surface area contributed by atoms with Crippen molar-refractivity contribution in [3.63, 3.8) is 0 Å². The third-order valence-corrected chi connectivity index (χ3v) is 4.39. The molecule has 19 heavy (non-hydrogen) atoms. The van der Waals surface area contributed by atoms with E-state index in [0.29, 0.717) is 15.8 Å². The average Bonchev–Trinajstić information content (AvgIpc) is 2.77. The maximum absolute atomic E-state index is 12.2. The third-order valence-electron chi connectivity index (χ3n) is 3.36. The van der Waals surface area contributed by atoms with Crippen LogP contribution in [0.25, 0.3) is 0 Å². The molecule has 4 N–H and O–H groups in total. The molecule has 0 unspecified atom stereocenters. The number of amides is 1. The smallest absolute Gasteiger partial charge is 0.265 e. The molecule has 108 valence electrons. The van der Waals surface area contributed by atoms with E-state index < -0.39 is 0 Å². The number of anilines is 2. The van der Waals surface area contributed by atoms with E-state index in [1.165, 1.54) is 11.3 Å². The monoisotopic (exact) mass is 284 g/mol. The zero-order valence-corrected chi connectivity index (χ0v) is 13.0. The van der Waals surface area contributed by atoms with Gasteiger partial charge in [-0.3, -0.25) is 4.79 Å². The normalized spacial score (nSPS) is 11.4. The summed E-state index contributed by atoms with van der Waals surface area (Å²) in [5.74, 6) is 0.168. The topological polar surface area (TPSA) is 80.0 Å². The van der Waals surface area contributed by atoms with Gasteiger partial charge in [-0.1, -0.05) is 32.1 Å². The second kappa shape index (κ2) is 6.75. The first-order valence-corrected chi connectivity index (χ1v) is 7.60. The first-order valence-electron chi connectivity index (χ1n) is 6.78. The molecule has 1 heterocycles. The predicted octanol–water partition coefficient (Wildman–Crippen LogP) is 2.86. The van der Waals surface area contributed by atoms with Crippen molar-refractivity contribution in [2.45, 2.75) is 52.5 Å². The third kappa shape index (κ3) is 4.09. The summed E-state index contributed by atoms with van der Waals surface area (Å²) in [7, 11) is 0. The number of hydrogen-bond donors (Lipinski definition) is 3. The quantitative estimate of drug-likeness (QED) is 0.719. The molecule has 1 aromatic heterocycles. The van der Waals surface area contributed by atoms with Crippen LogP contribution >= 0.6 is 11.3 Å². The Morgan fingerprint density at radius 1 is 1.37 bits per heavy atom. The molecule has 0 saturated carbocycles. The van der Waals surface area contributed by atoms with Crippen LogP contribution in [0.1, 0.15) is 56.6 Å². The standard InChI is InChI=1S/C13H24N4OS/c1-5-8-15-12-16-10(14)9(19-12)11(18)17-13(4,6-2)7-3/h5-8,14H2,1-4H3,(H,15,16)(H,17,18). The molecular weight excluding hydrogens is 260 g/mol. The fourth-order valence-corrected chi connectivity index (χ4v) is 2.37. The van der Waals surface area contributed by atoms with Crippen LogP contribution in [0.2, 0.25) is 0 Å². The highest BCUT2D eigenvalue weighted by Gasteiger charge is 2.25. The molecule has 1 aromatic rings. The Hall–Kier alpha value is -1.30. The average molecular weight is 284 g/mol. The summed E-state index contributed by atoms with van der Waals surface area (Å²) in [5, 5.41) is 6.90. The van der Waals surface area contributed by atoms with Gasteiger partial charge in [-0.2, -0.15) is 0 Å². The lowest BCUT2D eigenvalue weighted by Gasteiger charge is -2.27. The van der Waals surface area contributed by atoms with Crippen molar-refractivity contribution in [2.75, 3.05) is 17.6 Å². The highest BCUT2D eigenvalue weighted by atomic mass is 32.1. The van der Waals surface area contributed by atoms with Crippen LogP contribution in [-0.4, -0.2) is 23.0 Å². The van der Waals surface area contributed by atoms with E-state index in [-0.39, 0.29) is 11.4 Å². The van der Waals surface area contributed by atoms with Crippen molar-refractivity contribution >= 4 is 28.2 Å². The lowest BCUT2D eigenvalue weighted by atomic mass is 9.95. The molecule has 0 bridgehead atoms. The molecule has 0 fully saturated rings. The van der Waals surface area contributed by atoms with E-state index in [1.807, 2.05) is 6.92 Å². The Morgan fingerprint density at radius 2 is 2.00 bits per heavy atom. The Bertz CT molecular complexity index is 426. The number of rotatable bonds is 7. The minimum absolute atomic E-state index is 0.134. The van der Waals surface area contributed by atoms with Crippen LogP contribution < -0.4 is 16.4 Å². The maximum Gasteiger partial charge on any atom is 0.265 e. The first-order chi connectivity index (χ1) is 8.95. The van der Waals surface area contributed by atoms with Gasteiger partial charge in [0.2, 0.25) is 0 Å². The van der Waals surface area contributed by atoms with Gasteiger partial charge in [-0.25, -0.2) is 4.98 Å². The van der Waals surface area contributed by atoms with E-state index in [0.717, 1.165) is 25.8 Å². The van der Waals surface area contributed by atoms with E-state index >= 15 is 0 Å². The van der Waals surface area contributed by atoms with Crippen LogP contribution in [0.3, 0.4) is 0 Å². The second-order valence-corrected chi connectivity index (χ2v) is 5.88. The van der Waals surface area contributed by atoms with Gasteiger partial charge in [0, 0.05) is 12.1 Å². The van der Waals surface area contributed by atoms with Crippen molar-refractivity contribution in [1.29, 1.82) is 0 Å². The van der Waals surface area contributed by atoms with Gasteiger partial charge in [-0.15, -0.1) is 0 Å². The summed E-state index contributed by atoms with van der Waals surface area (Å²) >= 11 is 1.31. The zero-order valence-electron chi connectivity index (χ0n) is 12.2.